The van der Waals surface area contributed by atoms with Crippen LogP contribution in [0.3, 0.4) is 0 Å². The number of aromatic nitrogens is 2. The summed E-state index contributed by atoms with van der Waals surface area (Å²) in [4.78, 5) is 0. The molecule has 0 saturated heterocycles. The number of fused-ring (bicyclic) bond motifs is 1. The average molecular weight is 306 g/mol. The van der Waals surface area contributed by atoms with Gasteiger partial charge in [0, 0.05) is 6.42 Å². The van der Waals surface area contributed by atoms with E-state index < -0.39 is 18.3 Å². The van der Waals surface area contributed by atoms with Gasteiger partial charge in [0.25, 0.3) is 0 Å². The van der Waals surface area contributed by atoms with E-state index in [0.717, 1.165) is 15.8 Å². The van der Waals surface area contributed by atoms with E-state index in [4.69, 9.17) is 5.26 Å². The Hall–Kier alpha value is -2.49. The molecule has 114 valence electrons. The quantitative estimate of drug-likeness (QED) is 0.873. The zero-order chi connectivity index (χ0) is 15.9. The van der Waals surface area contributed by atoms with Crippen molar-refractivity contribution < 1.29 is 13.2 Å². The van der Waals surface area contributed by atoms with E-state index in [-0.39, 0.29) is 17.8 Å². The second kappa shape index (κ2) is 5.05. The molecule has 7 heteroatoms. The van der Waals surface area contributed by atoms with E-state index in [1.807, 2.05) is 25.1 Å². The molecule has 4 nitrogen and oxygen atoms in total. The molecule has 0 radical (unpaired) electrons. The first-order valence-electron chi connectivity index (χ1n) is 6.77. The van der Waals surface area contributed by atoms with Crippen LogP contribution in [-0.4, -0.2) is 16.0 Å². The lowest BCUT2D eigenvalue weighted by atomic mass is 9.96. The van der Waals surface area contributed by atoms with Gasteiger partial charge >= 0.3 is 6.18 Å². The van der Waals surface area contributed by atoms with Crippen molar-refractivity contribution in [3.8, 4) is 6.07 Å². The van der Waals surface area contributed by atoms with Gasteiger partial charge < -0.3 is 5.32 Å². The van der Waals surface area contributed by atoms with Crippen LogP contribution in [0.25, 0.3) is 0 Å². The Bertz CT molecular complexity index is 725. The molecule has 0 fully saturated rings. The SMILES string of the molecule is Cc1ccc([C@@H]2C[C@@H](C(F)(F)F)n3ncc(C#N)c3N2)cc1. The molecule has 1 N–H and O–H groups in total. The number of hydrogen-bond donors (Lipinski definition) is 1. The van der Waals surface area contributed by atoms with Crippen LogP contribution < -0.4 is 5.32 Å². The third-order valence-corrected chi connectivity index (χ3v) is 3.84. The Morgan fingerprint density at radius 1 is 1.32 bits per heavy atom. The van der Waals surface area contributed by atoms with Crippen molar-refractivity contribution in [1.29, 1.82) is 5.26 Å². The lowest BCUT2D eigenvalue weighted by molar-refractivity contribution is -0.173. The predicted octanol–water partition coefficient (Wildman–Crippen LogP) is 3.72. The predicted molar refractivity (Wildman–Crippen MR) is 74.2 cm³/mol. The Balaban J connectivity index is 2.03. The molecule has 0 amide bonds. The molecule has 0 bridgehead atoms. The Morgan fingerprint density at radius 3 is 2.59 bits per heavy atom. The zero-order valence-electron chi connectivity index (χ0n) is 11.7. The first-order valence-corrected chi connectivity index (χ1v) is 6.77. The second-order valence-electron chi connectivity index (χ2n) is 5.36. The molecule has 1 aliphatic rings. The molecule has 0 unspecified atom stereocenters. The van der Waals surface area contributed by atoms with Crippen LogP contribution in [0.4, 0.5) is 19.0 Å². The van der Waals surface area contributed by atoms with Crippen LogP contribution in [0.1, 0.15) is 35.2 Å². The van der Waals surface area contributed by atoms with Crippen LogP contribution in [0.5, 0.6) is 0 Å². The third-order valence-electron chi connectivity index (χ3n) is 3.84. The summed E-state index contributed by atoms with van der Waals surface area (Å²) in [6, 6.07) is 6.95. The summed E-state index contributed by atoms with van der Waals surface area (Å²) in [5.74, 6) is 0.127. The monoisotopic (exact) mass is 306 g/mol. The molecule has 1 aromatic heterocycles. The molecular formula is C15H13F3N4. The molecule has 3 rings (SSSR count). The minimum Gasteiger partial charge on any atom is -0.362 e. The number of nitriles is 1. The maximum atomic E-state index is 13.3. The van der Waals surface area contributed by atoms with Gasteiger partial charge in [0.05, 0.1) is 12.2 Å². The number of nitrogens with zero attached hydrogens (tertiary/aromatic N) is 3. The van der Waals surface area contributed by atoms with Crippen molar-refractivity contribution in [2.24, 2.45) is 0 Å². The van der Waals surface area contributed by atoms with Crippen LogP contribution in [0.15, 0.2) is 30.5 Å². The molecule has 2 heterocycles. The van der Waals surface area contributed by atoms with Crippen molar-refractivity contribution >= 4 is 5.82 Å². The number of halogens is 3. The maximum Gasteiger partial charge on any atom is 0.410 e. The van der Waals surface area contributed by atoms with E-state index in [0.29, 0.717) is 0 Å². The fourth-order valence-electron chi connectivity index (χ4n) is 2.66. The molecule has 2 atom stereocenters. The number of benzene rings is 1. The molecular weight excluding hydrogens is 293 g/mol. The van der Waals surface area contributed by atoms with Gasteiger partial charge in [-0.3, -0.25) is 0 Å². The van der Waals surface area contributed by atoms with Crippen LogP contribution in [-0.2, 0) is 0 Å². The largest absolute Gasteiger partial charge is 0.410 e. The summed E-state index contributed by atoms with van der Waals surface area (Å²) in [6.07, 6.45) is -3.41. The molecule has 0 spiro atoms. The van der Waals surface area contributed by atoms with Gasteiger partial charge in [0.1, 0.15) is 17.5 Å². The summed E-state index contributed by atoms with van der Waals surface area (Å²) in [7, 11) is 0. The summed E-state index contributed by atoms with van der Waals surface area (Å²) in [5, 5.41) is 15.8. The highest BCUT2D eigenvalue weighted by Gasteiger charge is 2.46. The zero-order valence-corrected chi connectivity index (χ0v) is 11.7. The first kappa shape index (κ1) is 14.4. The normalized spacial score (nSPS) is 20.9. The van der Waals surface area contributed by atoms with Gasteiger partial charge in [-0.15, -0.1) is 0 Å². The van der Waals surface area contributed by atoms with Crippen LogP contribution in [0.2, 0.25) is 0 Å². The minimum atomic E-state index is -4.42. The van der Waals surface area contributed by atoms with E-state index in [1.165, 1.54) is 6.20 Å². The standard InChI is InChI=1S/C15H13F3N4/c1-9-2-4-10(5-3-9)12-6-13(15(16,17)18)22-14(21-12)11(7-19)8-20-22/h2-5,8,12-13,21H,6H2,1H3/t12-,13-/m0/s1. The maximum absolute atomic E-state index is 13.3. The molecule has 1 aliphatic heterocycles. The van der Waals surface area contributed by atoms with Gasteiger partial charge in [0.15, 0.2) is 6.04 Å². The number of hydrogen-bond acceptors (Lipinski definition) is 3. The van der Waals surface area contributed by atoms with Crippen molar-refractivity contribution in [3.05, 3.63) is 47.2 Å². The number of nitrogens with one attached hydrogen (secondary N) is 1. The van der Waals surface area contributed by atoms with E-state index in [9.17, 15) is 13.2 Å². The molecule has 0 aliphatic carbocycles. The number of aryl methyl sites for hydroxylation is 1. The van der Waals surface area contributed by atoms with Gasteiger partial charge in [-0.2, -0.15) is 23.5 Å². The van der Waals surface area contributed by atoms with Crippen molar-refractivity contribution in [2.45, 2.75) is 31.6 Å². The average Bonchev–Trinajstić information content (AvgIpc) is 2.88. The van der Waals surface area contributed by atoms with E-state index in [2.05, 4.69) is 10.4 Å². The van der Waals surface area contributed by atoms with Crippen molar-refractivity contribution in [1.82, 2.24) is 9.78 Å². The molecule has 22 heavy (non-hydrogen) atoms. The fourth-order valence-corrected chi connectivity index (χ4v) is 2.66. The molecule has 1 aromatic carbocycles. The van der Waals surface area contributed by atoms with Gasteiger partial charge in [-0.05, 0) is 12.5 Å². The van der Waals surface area contributed by atoms with Crippen LogP contribution >= 0.6 is 0 Å². The van der Waals surface area contributed by atoms with Crippen LogP contribution in [0, 0.1) is 18.3 Å². The lowest BCUT2D eigenvalue weighted by Crippen LogP contribution is -2.35. The number of alkyl halides is 3. The Labute approximate surface area is 125 Å². The summed E-state index contributed by atoms with van der Waals surface area (Å²) in [5.41, 5.74) is 1.91. The van der Waals surface area contributed by atoms with E-state index >= 15 is 0 Å². The molecule has 0 saturated carbocycles. The summed E-state index contributed by atoms with van der Waals surface area (Å²) >= 11 is 0. The highest BCUT2D eigenvalue weighted by Crippen LogP contribution is 2.44. The minimum absolute atomic E-state index is 0.117. The third kappa shape index (κ3) is 2.41. The highest BCUT2D eigenvalue weighted by molar-refractivity contribution is 5.54. The lowest BCUT2D eigenvalue weighted by Gasteiger charge is -2.33. The molecule has 2 aromatic rings. The fraction of sp³-hybridized carbons (Fsp3) is 0.333. The summed E-state index contributed by atoms with van der Waals surface area (Å²) < 4.78 is 40.8. The summed E-state index contributed by atoms with van der Waals surface area (Å²) in [6.45, 7) is 1.92. The smallest absolute Gasteiger partial charge is 0.362 e. The van der Waals surface area contributed by atoms with Gasteiger partial charge in [-0.25, -0.2) is 4.68 Å². The van der Waals surface area contributed by atoms with Gasteiger partial charge in [-0.1, -0.05) is 29.8 Å². The number of anilines is 1. The second-order valence-corrected chi connectivity index (χ2v) is 5.36. The van der Waals surface area contributed by atoms with Crippen molar-refractivity contribution in [3.63, 3.8) is 0 Å². The van der Waals surface area contributed by atoms with E-state index in [1.54, 1.807) is 12.1 Å². The number of rotatable bonds is 1. The Kier molecular flexibility index (Phi) is 3.32. The van der Waals surface area contributed by atoms with Gasteiger partial charge in [0.2, 0.25) is 0 Å². The first-order chi connectivity index (χ1) is 10.4. The van der Waals surface area contributed by atoms with Crippen molar-refractivity contribution in [2.75, 3.05) is 5.32 Å². The topological polar surface area (TPSA) is 53.6 Å². The Morgan fingerprint density at radius 2 is 2.00 bits per heavy atom. The highest BCUT2D eigenvalue weighted by atomic mass is 19.4.